The van der Waals surface area contributed by atoms with E-state index < -0.39 is 0 Å². The third kappa shape index (κ3) is 1.62. The molecule has 0 radical (unpaired) electrons. The summed E-state index contributed by atoms with van der Waals surface area (Å²) in [4.78, 5) is 3.53. The zero-order chi connectivity index (χ0) is 14.0. The van der Waals surface area contributed by atoms with Crippen molar-refractivity contribution in [3.8, 4) is 0 Å². The summed E-state index contributed by atoms with van der Waals surface area (Å²) >= 11 is 5.43. The van der Waals surface area contributed by atoms with Gasteiger partial charge in [-0.05, 0) is 36.4 Å². The SMILES string of the molecule is Brc1ccc2[nH]c3cc4sc5ccccc5c4cc3c2c1. The summed E-state index contributed by atoms with van der Waals surface area (Å²) in [7, 11) is 0. The molecule has 0 aliphatic heterocycles. The van der Waals surface area contributed by atoms with Crippen molar-refractivity contribution < 1.29 is 0 Å². The van der Waals surface area contributed by atoms with Crippen LogP contribution in [0.1, 0.15) is 0 Å². The molecule has 3 heteroatoms. The molecular formula is C18H10BrNS. The fraction of sp³-hybridized carbons (Fsp3) is 0. The molecule has 0 aliphatic rings. The summed E-state index contributed by atoms with van der Waals surface area (Å²) in [6, 6.07) is 19.6. The minimum Gasteiger partial charge on any atom is -0.354 e. The van der Waals surface area contributed by atoms with Crippen molar-refractivity contribution in [1.82, 2.24) is 4.98 Å². The highest BCUT2D eigenvalue weighted by Gasteiger charge is 2.10. The van der Waals surface area contributed by atoms with Crippen LogP contribution in [0.2, 0.25) is 0 Å². The summed E-state index contributed by atoms with van der Waals surface area (Å²) in [6.07, 6.45) is 0. The van der Waals surface area contributed by atoms with Crippen LogP contribution in [0, 0.1) is 0 Å². The molecule has 1 nitrogen and oxygen atoms in total. The Kier molecular flexibility index (Phi) is 2.29. The molecule has 5 rings (SSSR count). The Labute approximate surface area is 133 Å². The Morgan fingerprint density at radius 2 is 1.57 bits per heavy atom. The highest BCUT2D eigenvalue weighted by atomic mass is 79.9. The Bertz CT molecular complexity index is 1150. The fourth-order valence-corrected chi connectivity index (χ4v) is 4.58. The van der Waals surface area contributed by atoms with Crippen LogP contribution in [0.5, 0.6) is 0 Å². The maximum atomic E-state index is 3.57. The number of aromatic amines is 1. The second-order valence-electron chi connectivity index (χ2n) is 5.31. The average Bonchev–Trinajstić information content (AvgIpc) is 3.02. The van der Waals surface area contributed by atoms with E-state index in [1.807, 2.05) is 11.3 Å². The number of aromatic nitrogens is 1. The number of hydrogen-bond donors (Lipinski definition) is 1. The second kappa shape index (κ2) is 4.09. The largest absolute Gasteiger partial charge is 0.354 e. The van der Waals surface area contributed by atoms with Crippen LogP contribution >= 0.6 is 27.3 Å². The molecule has 21 heavy (non-hydrogen) atoms. The summed E-state index contributed by atoms with van der Waals surface area (Å²) < 4.78 is 3.81. The van der Waals surface area contributed by atoms with Gasteiger partial charge in [0.25, 0.3) is 0 Å². The van der Waals surface area contributed by atoms with Crippen molar-refractivity contribution in [3.05, 3.63) is 59.1 Å². The number of H-pyrrole nitrogens is 1. The monoisotopic (exact) mass is 351 g/mol. The average molecular weight is 352 g/mol. The van der Waals surface area contributed by atoms with E-state index in [0.717, 1.165) is 4.47 Å². The van der Waals surface area contributed by atoms with Gasteiger partial charge < -0.3 is 4.98 Å². The molecule has 0 spiro atoms. The number of nitrogens with one attached hydrogen (secondary N) is 1. The zero-order valence-corrected chi connectivity index (χ0v) is 13.4. The van der Waals surface area contributed by atoms with E-state index in [1.54, 1.807) is 0 Å². The van der Waals surface area contributed by atoms with Crippen molar-refractivity contribution in [2.45, 2.75) is 0 Å². The normalized spacial score (nSPS) is 12.0. The first-order valence-electron chi connectivity index (χ1n) is 6.82. The third-order valence-corrected chi connectivity index (χ3v) is 5.68. The molecule has 1 N–H and O–H groups in total. The first-order chi connectivity index (χ1) is 10.3. The minimum atomic E-state index is 1.12. The minimum absolute atomic E-state index is 1.12. The standard InChI is InChI=1S/C18H10BrNS/c19-10-5-6-15-12(7-10)13-8-14-11-3-1-2-4-17(11)21-18(14)9-16(13)20-15/h1-9,20H. The molecule has 0 fully saturated rings. The van der Waals surface area contributed by atoms with E-state index in [4.69, 9.17) is 0 Å². The summed E-state index contributed by atoms with van der Waals surface area (Å²) in [5.74, 6) is 0. The molecule has 2 aromatic heterocycles. The molecule has 0 aliphatic carbocycles. The predicted molar refractivity (Wildman–Crippen MR) is 96.4 cm³/mol. The van der Waals surface area contributed by atoms with Gasteiger partial charge in [0.2, 0.25) is 0 Å². The second-order valence-corrected chi connectivity index (χ2v) is 7.31. The molecule has 5 aromatic rings. The van der Waals surface area contributed by atoms with Crippen LogP contribution in [0.25, 0.3) is 42.0 Å². The molecule has 2 heterocycles. The zero-order valence-electron chi connectivity index (χ0n) is 11.0. The molecule has 0 saturated heterocycles. The lowest BCUT2D eigenvalue weighted by atomic mass is 10.1. The van der Waals surface area contributed by atoms with Gasteiger partial charge in [-0.25, -0.2) is 0 Å². The Hall–Kier alpha value is -1.84. The van der Waals surface area contributed by atoms with Gasteiger partial charge in [-0.2, -0.15) is 0 Å². The van der Waals surface area contributed by atoms with Gasteiger partial charge in [0.1, 0.15) is 0 Å². The fourth-order valence-electron chi connectivity index (χ4n) is 3.09. The van der Waals surface area contributed by atoms with Gasteiger partial charge >= 0.3 is 0 Å². The molecule has 100 valence electrons. The van der Waals surface area contributed by atoms with E-state index >= 15 is 0 Å². The van der Waals surface area contributed by atoms with E-state index in [9.17, 15) is 0 Å². The third-order valence-electron chi connectivity index (χ3n) is 4.06. The van der Waals surface area contributed by atoms with Crippen LogP contribution < -0.4 is 0 Å². The highest BCUT2D eigenvalue weighted by molar-refractivity contribution is 9.10. The van der Waals surface area contributed by atoms with E-state index in [0.29, 0.717) is 0 Å². The van der Waals surface area contributed by atoms with E-state index in [2.05, 4.69) is 75.5 Å². The molecule has 0 bridgehead atoms. The Balaban J connectivity index is 2.03. The number of halogens is 1. The van der Waals surface area contributed by atoms with Crippen LogP contribution in [-0.4, -0.2) is 4.98 Å². The van der Waals surface area contributed by atoms with Crippen LogP contribution in [0.4, 0.5) is 0 Å². The van der Waals surface area contributed by atoms with Crippen molar-refractivity contribution >= 4 is 69.2 Å². The lowest BCUT2D eigenvalue weighted by Gasteiger charge is -1.95. The Morgan fingerprint density at radius 3 is 2.52 bits per heavy atom. The van der Waals surface area contributed by atoms with E-state index in [-0.39, 0.29) is 0 Å². The van der Waals surface area contributed by atoms with Gasteiger partial charge in [0, 0.05) is 46.5 Å². The van der Waals surface area contributed by atoms with Crippen molar-refractivity contribution in [2.24, 2.45) is 0 Å². The van der Waals surface area contributed by atoms with Crippen LogP contribution in [-0.2, 0) is 0 Å². The van der Waals surface area contributed by atoms with Crippen LogP contribution in [0.3, 0.4) is 0 Å². The van der Waals surface area contributed by atoms with Gasteiger partial charge in [0.05, 0.1) is 0 Å². The smallest absolute Gasteiger partial charge is 0.0479 e. The molecule has 0 saturated carbocycles. The Morgan fingerprint density at radius 1 is 0.714 bits per heavy atom. The van der Waals surface area contributed by atoms with Crippen molar-refractivity contribution in [1.29, 1.82) is 0 Å². The molecule has 0 atom stereocenters. The number of benzene rings is 3. The summed E-state index contributed by atoms with van der Waals surface area (Å²) in [6.45, 7) is 0. The van der Waals surface area contributed by atoms with Gasteiger partial charge in [0.15, 0.2) is 0 Å². The van der Waals surface area contributed by atoms with Crippen molar-refractivity contribution in [3.63, 3.8) is 0 Å². The molecule has 0 unspecified atom stereocenters. The quantitative estimate of drug-likeness (QED) is 0.330. The lowest BCUT2D eigenvalue weighted by molar-refractivity contribution is 1.55. The van der Waals surface area contributed by atoms with Gasteiger partial charge in [-0.3, -0.25) is 0 Å². The molecule has 0 amide bonds. The number of hydrogen-bond acceptors (Lipinski definition) is 1. The number of rotatable bonds is 0. The van der Waals surface area contributed by atoms with Gasteiger partial charge in [-0.15, -0.1) is 11.3 Å². The van der Waals surface area contributed by atoms with E-state index in [1.165, 1.54) is 42.0 Å². The number of thiophene rings is 1. The van der Waals surface area contributed by atoms with Crippen LogP contribution in [0.15, 0.2) is 59.1 Å². The summed E-state index contributed by atoms with van der Waals surface area (Å²) in [5, 5.41) is 5.27. The summed E-state index contributed by atoms with van der Waals surface area (Å²) in [5.41, 5.74) is 2.40. The first-order valence-corrected chi connectivity index (χ1v) is 8.43. The number of fused-ring (bicyclic) bond motifs is 6. The highest BCUT2D eigenvalue weighted by Crippen LogP contribution is 2.38. The maximum Gasteiger partial charge on any atom is 0.0479 e. The topological polar surface area (TPSA) is 15.8 Å². The molecular weight excluding hydrogens is 342 g/mol. The molecule has 3 aromatic carbocycles. The predicted octanol–water partition coefficient (Wildman–Crippen LogP) is 6.45. The van der Waals surface area contributed by atoms with Gasteiger partial charge in [-0.1, -0.05) is 34.1 Å². The van der Waals surface area contributed by atoms with Crippen molar-refractivity contribution in [2.75, 3.05) is 0 Å². The maximum absolute atomic E-state index is 3.57. The lowest BCUT2D eigenvalue weighted by Crippen LogP contribution is -1.69. The first kappa shape index (κ1) is 11.8.